The zero-order valence-electron chi connectivity index (χ0n) is 13.9. The third kappa shape index (κ3) is 4.20. The van der Waals surface area contributed by atoms with E-state index in [0.29, 0.717) is 6.54 Å². The van der Waals surface area contributed by atoms with Gasteiger partial charge in [0.25, 0.3) is 0 Å². The van der Waals surface area contributed by atoms with Gasteiger partial charge >= 0.3 is 5.97 Å². The molecule has 1 saturated heterocycles. The Balaban J connectivity index is 2.36. The number of rotatable bonds is 6. The number of carboxylic acid groups (broad SMARTS) is 1. The Morgan fingerprint density at radius 2 is 2.04 bits per heavy atom. The van der Waals surface area contributed by atoms with Gasteiger partial charge in [-0.3, -0.25) is 9.69 Å². The van der Waals surface area contributed by atoms with Gasteiger partial charge in [0.1, 0.15) is 11.6 Å². The quantitative estimate of drug-likeness (QED) is 0.499. The first-order chi connectivity index (χ1) is 11.6. The minimum absolute atomic E-state index is 0.0312. The summed E-state index contributed by atoms with van der Waals surface area (Å²) in [6, 6.07) is 4.32. The lowest BCUT2D eigenvalue weighted by Gasteiger charge is -2.41. The minimum Gasteiger partial charge on any atom is -0.480 e. The Kier molecular flexibility index (Phi) is 5.87. The maximum absolute atomic E-state index is 12.6. The summed E-state index contributed by atoms with van der Waals surface area (Å²) >= 11 is 4.34. The Labute approximate surface area is 152 Å². The maximum Gasteiger partial charge on any atom is 0.324 e. The van der Waals surface area contributed by atoms with Crippen LogP contribution in [0.15, 0.2) is 34.3 Å². The van der Waals surface area contributed by atoms with Crippen molar-refractivity contribution >= 4 is 28.6 Å². The highest BCUT2D eigenvalue weighted by Gasteiger charge is 2.50. The van der Waals surface area contributed by atoms with Crippen LogP contribution in [0.1, 0.15) is 18.4 Å². The Hall–Kier alpha value is -1.49. The molecule has 0 amide bonds. The molecule has 3 unspecified atom stereocenters. The first kappa shape index (κ1) is 19.8. The molecule has 0 spiro atoms. The van der Waals surface area contributed by atoms with E-state index in [1.165, 1.54) is 12.1 Å². The van der Waals surface area contributed by atoms with Crippen LogP contribution in [0.5, 0.6) is 0 Å². The van der Waals surface area contributed by atoms with E-state index in [2.05, 4.69) is 22.5 Å². The topological polar surface area (TPSA) is 116 Å². The third-order valence-electron chi connectivity index (χ3n) is 4.51. The van der Waals surface area contributed by atoms with Crippen molar-refractivity contribution in [3.8, 4) is 0 Å². The molecule has 0 aliphatic carbocycles. The van der Waals surface area contributed by atoms with Crippen LogP contribution < -0.4 is 4.72 Å². The molecular weight excluding hydrogens is 366 g/mol. The van der Waals surface area contributed by atoms with E-state index in [9.17, 15) is 23.2 Å². The summed E-state index contributed by atoms with van der Waals surface area (Å²) in [4.78, 5) is 25.1. The number of nitroso groups, excluding NO2 is 1. The fraction of sp³-hybridized carbons (Fsp3) is 0.533. The lowest BCUT2D eigenvalue weighted by Crippen LogP contribution is -2.60. The van der Waals surface area contributed by atoms with Gasteiger partial charge < -0.3 is 5.11 Å². The SMILES string of the molecule is Cc1ccc(S(=O)(=O)NC(C(=O)O)C2(N=O)CCN(C)C(S)C2)cc1. The molecule has 0 aromatic heterocycles. The summed E-state index contributed by atoms with van der Waals surface area (Å²) < 4.78 is 27.3. The number of likely N-dealkylation sites (tertiary alicyclic amines) is 1. The van der Waals surface area contributed by atoms with Gasteiger partial charge in [-0.1, -0.05) is 22.9 Å². The highest BCUT2D eigenvalue weighted by molar-refractivity contribution is 7.89. The van der Waals surface area contributed by atoms with Gasteiger partial charge in [0.15, 0.2) is 0 Å². The molecule has 1 aromatic carbocycles. The monoisotopic (exact) mass is 387 g/mol. The van der Waals surface area contributed by atoms with Gasteiger partial charge in [0, 0.05) is 13.0 Å². The number of sulfonamides is 1. The molecule has 1 aliphatic heterocycles. The number of carbonyl (C=O) groups is 1. The first-order valence-corrected chi connectivity index (χ1v) is 9.66. The van der Waals surface area contributed by atoms with Crippen LogP contribution in [0.3, 0.4) is 0 Å². The largest absolute Gasteiger partial charge is 0.480 e. The number of carboxylic acids is 1. The fourth-order valence-corrected chi connectivity index (χ4v) is 4.51. The molecule has 0 radical (unpaired) electrons. The van der Waals surface area contributed by atoms with Crippen molar-refractivity contribution in [2.24, 2.45) is 5.18 Å². The summed E-state index contributed by atoms with van der Waals surface area (Å²) in [5.41, 5.74) is -0.726. The van der Waals surface area contributed by atoms with Gasteiger partial charge in [-0.05, 0) is 32.5 Å². The molecule has 2 N–H and O–H groups in total. The normalized spacial score (nSPS) is 26.1. The summed E-state index contributed by atoms with van der Waals surface area (Å²) in [6.07, 6.45) is 0.154. The van der Waals surface area contributed by atoms with Crippen LogP contribution in [-0.4, -0.2) is 54.9 Å². The van der Waals surface area contributed by atoms with Crippen molar-refractivity contribution in [3.05, 3.63) is 34.7 Å². The second-order valence-electron chi connectivity index (χ2n) is 6.32. The average Bonchev–Trinajstić information content (AvgIpc) is 2.56. The van der Waals surface area contributed by atoms with Gasteiger partial charge in [-0.2, -0.15) is 22.3 Å². The van der Waals surface area contributed by atoms with Crippen LogP contribution in [0.4, 0.5) is 0 Å². The molecule has 0 saturated carbocycles. The summed E-state index contributed by atoms with van der Waals surface area (Å²) in [6.45, 7) is 2.19. The average molecular weight is 387 g/mol. The predicted octanol–water partition coefficient (Wildman–Crippen LogP) is 1.21. The number of hydrogen-bond donors (Lipinski definition) is 3. The third-order valence-corrected chi connectivity index (χ3v) is 6.53. The fourth-order valence-electron chi connectivity index (χ4n) is 2.82. The van der Waals surface area contributed by atoms with Gasteiger partial charge in [-0.15, -0.1) is 0 Å². The van der Waals surface area contributed by atoms with Crippen molar-refractivity contribution in [1.82, 2.24) is 9.62 Å². The molecule has 1 heterocycles. The lowest BCUT2D eigenvalue weighted by molar-refractivity contribution is -0.141. The van der Waals surface area contributed by atoms with Crippen LogP contribution in [-0.2, 0) is 14.8 Å². The standard InChI is InChI=1S/C15H21N3O5S2/c1-10-3-5-11(6-4-10)25(22,23)16-13(14(19)20)15(17-21)7-8-18(2)12(24)9-15/h3-6,12-13,16,24H,7-9H2,1-2H3,(H,19,20). The van der Waals surface area contributed by atoms with Crippen molar-refractivity contribution < 1.29 is 18.3 Å². The van der Waals surface area contributed by atoms with Crippen LogP contribution in [0.25, 0.3) is 0 Å². The molecule has 10 heteroatoms. The van der Waals surface area contributed by atoms with Crippen molar-refractivity contribution in [3.63, 3.8) is 0 Å². The van der Waals surface area contributed by atoms with E-state index in [1.807, 2.05) is 4.90 Å². The number of hydrogen-bond acceptors (Lipinski definition) is 7. The predicted molar refractivity (Wildman–Crippen MR) is 96.1 cm³/mol. The second kappa shape index (κ2) is 7.40. The molecule has 138 valence electrons. The molecule has 0 bridgehead atoms. The Morgan fingerprint density at radius 1 is 1.44 bits per heavy atom. The van der Waals surface area contributed by atoms with Crippen molar-refractivity contribution in [2.45, 2.75) is 41.6 Å². The van der Waals surface area contributed by atoms with Crippen LogP contribution >= 0.6 is 12.6 Å². The van der Waals surface area contributed by atoms with Crippen molar-refractivity contribution in [1.29, 1.82) is 0 Å². The lowest BCUT2D eigenvalue weighted by atomic mass is 9.82. The number of aryl methyl sites for hydroxylation is 1. The number of piperidine rings is 1. The first-order valence-electron chi connectivity index (χ1n) is 7.66. The number of benzene rings is 1. The van der Waals surface area contributed by atoms with E-state index in [4.69, 9.17) is 0 Å². The van der Waals surface area contributed by atoms with E-state index in [1.54, 1.807) is 26.1 Å². The molecule has 1 fully saturated rings. The van der Waals surface area contributed by atoms with E-state index in [-0.39, 0.29) is 17.7 Å². The smallest absolute Gasteiger partial charge is 0.324 e. The van der Waals surface area contributed by atoms with E-state index < -0.39 is 32.9 Å². The van der Waals surface area contributed by atoms with Crippen molar-refractivity contribution in [2.75, 3.05) is 13.6 Å². The molecule has 2 rings (SSSR count). The summed E-state index contributed by atoms with van der Waals surface area (Å²) in [7, 11) is -2.33. The number of thiol groups is 1. The second-order valence-corrected chi connectivity index (χ2v) is 8.63. The summed E-state index contributed by atoms with van der Waals surface area (Å²) in [5, 5.41) is 12.2. The van der Waals surface area contributed by atoms with Crippen LogP contribution in [0.2, 0.25) is 0 Å². The molecule has 25 heavy (non-hydrogen) atoms. The highest BCUT2D eigenvalue weighted by Crippen LogP contribution is 2.35. The van der Waals surface area contributed by atoms with E-state index in [0.717, 1.165) is 5.56 Å². The van der Waals surface area contributed by atoms with Gasteiger partial charge in [-0.25, -0.2) is 8.42 Å². The molecular formula is C15H21N3O5S2. The molecule has 8 nitrogen and oxygen atoms in total. The zero-order chi connectivity index (χ0) is 18.8. The highest BCUT2D eigenvalue weighted by atomic mass is 32.2. The van der Waals surface area contributed by atoms with Gasteiger partial charge in [0.05, 0.1) is 10.3 Å². The van der Waals surface area contributed by atoms with Crippen LogP contribution in [0, 0.1) is 11.8 Å². The molecule has 1 aliphatic rings. The molecule has 1 aromatic rings. The number of nitrogens with one attached hydrogen (secondary N) is 1. The van der Waals surface area contributed by atoms with E-state index >= 15 is 0 Å². The number of nitrogens with zero attached hydrogens (tertiary/aromatic N) is 2. The Morgan fingerprint density at radius 3 is 2.52 bits per heavy atom. The van der Waals surface area contributed by atoms with Gasteiger partial charge in [0.2, 0.25) is 10.0 Å². The summed E-state index contributed by atoms with van der Waals surface area (Å²) in [5.74, 6) is -1.44. The Bertz CT molecular complexity index is 753. The minimum atomic E-state index is -4.12. The number of aliphatic carboxylic acids is 1. The zero-order valence-corrected chi connectivity index (χ0v) is 15.6. The maximum atomic E-state index is 12.6. The molecule has 3 atom stereocenters.